The van der Waals surface area contributed by atoms with E-state index in [0.29, 0.717) is 0 Å². The summed E-state index contributed by atoms with van der Waals surface area (Å²) >= 11 is 0. The van der Waals surface area contributed by atoms with Crippen LogP contribution in [0.2, 0.25) is 0 Å². The van der Waals surface area contributed by atoms with E-state index < -0.39 is 6.10 Å². The third-order valence-corrected chi connectivity index (χ3v) is 0.357. The van der Waals surface area contributed by atoms with Gasteiger partial charge in [-0.25, -0.2) is 0 Å². The molecule has 0 aliphatic heterocycles. The molecule has 1 N–H and O–H groups in total. The molecule has 0 bridgehead atoms. The standard InChI is InChI=1S/C4H7O3/c1-4(6)2-7-3-5/h3-4,6H,1-2H2. The molecule has 1 atom stereocenters. The molecule has 0 saturated carbocycles. The number of ether oxygens (including phenoxy) is 1. The van der Waals surface area contributed by atoms with Crippen molar-refractivity contribution in [1.82, 2.24) is 0 Å². The van der Waals surface area contributed by atoms with Gasteiger partial charge in [-0.3, -0.25) is 4.79 Å². The Hall–Kier alpha value is -0.570. The fourth-order valence-electron chi connectivity index (χ4n) is 0.150. The molecule has 41 valence electrons. The second kappa shape index (κ2) is 3.61. The van der Waals surface area contributed by atoms with E-state index in [9.17, 15) is 4.79 Å². The van der Waals surface area contributed by atoms with Crippen molar-refractivity contribution in [2.45, 2.75) is 6.10 Å². The smallest absolute Gasteiger partial charge is 0.293 e. The fourth-order valence-corrected chi connectivity index (χ4v) is 0.150. The Morgan fingerprint density at radius 1 is 2.00 bits per heavy atom. The average molecular weight is 103 g/mol. The molecule has 1 radical (unpaired) electrons. The van der Waals surface area contributed by atoms with Crippen LogP contribution in [0.15, 0.2) is 0 Å². The number of hydrogen-bond acceptors (Lipinski definition) is 3. The summed E-state index contributed by atoms with van der Waals surface area (Å²) in [6, 6.07) is 0. The summed E-state index contributed by atoms with van der Waals surface area (Å²) in [7, 11) is 0. The molecule has 0 heterocycles. The van der Waals surface area contributed by atoms with Crippen LogP contribution < -0.4 is 0 Å². The van der Waals surface area contributed by atoms with Gasteiger partial charge in [0.15, 0.2) is 0 Å². The Labute approximate surface area is 41.9 Å². The zero-order valence-electron chi connectivity index (χ0n) is 3.83. The first-order chi connectivity index (χ1) is 3.27. The maximum atomic E-state index is 9.35. The van der Waals surface area contributed by atoms with Crippen molar-refractivity contribution in [3.05, 3.63) is 6.92 Å². The largest absolute Gasteiger partial charge is 0.465 e. The molecule has 3 nitrogen and oxygen atoms in total. The third kappa shape index (κ3) is 5.43. The molecule has 3 heteroatoms. The lowest BCUT2D eigenvalue weighted by Gasteiger charge is -1.97. The molecule has 0 spiro atoms. The van der Waals surface area contributed by atoms with Gasteiger partial charge in [0.2, 0.25) is 0 Å². The first-order valence-electron chi connectivity index (χ1n) is 1.83. The second-order valence-electron chi connectivity index (χ2n) is 1.08. The number of rotatable bonds is 3. The van der Waals surface area contributed by atoms with Gasteiger partial charge < -0.3 is 9.84 Å². The van der Waals surface area contributed by atoms with Crippen LogP contribution in [-0.4, -0.2) is 24.3 Å². The molecule has 0 aromatic heterocycles. The minimum Gasteiger partial charge on any atom is -0.465 e. The molecule has 0 aromatic rings. The number of carbonyl (C=O) groups excluding carboxylic acids is 1. The van der Waals surface area contributed by atoms with E-state index in [4.69, 9.17) is 5.11 Å². The van der Waals surface area contributed by atoms with E-state index in [1.165, 1.54) is 0 Å². The number of aliphatic hydroxyl groups excluding tert-OH is 1. The van der Waals surface area contributed by atoms with E-state index in [-0.39, 0.29) is 13.1 Å². The maximum absolute atomic E-state index is 9.35. The summed E-state index contributed by atoms with van der Waals surface area (Å²) in [5.74, 6) is 0. The van der Waals surface area contributed by atoms with Gasteiger partial charge in [-0.2, -0.15) is 0 Å². The number of hydrogen-bond donors (Lipinski definition) is 1. The van der Waals surface area contributed by atoms with Crippen LogP contribution in [0, 0.1) is 6.92 Å². The van der Waals surface area contributed by atoms with Gasteiger partial charge in [-0.05, 0) is 6.92 Å². The van der Waals surface area contributed by atoms with Crippen molar-refractivity contribution in [2.75, 3.05) is 6.61 Å². The molecule has 0 aliphatic rings. The first-order valence-corrected chi connectivity index (χ1v) is 1.83. The van der Waals surface area contributed by atoms with Crippen molar-refractivity contribution in [3.8, 4) is 0 Å². The molecule has 0 amide bonds. The van der Waals surface area contributed by atoms with Crippen LogP contribution in [0.25, 0.3) is 0 Å². The number of carbonyl (C=O) groups is 1. The van der Waals surface area contributed by atoms with Gasteiger partial charge in [0, 0.05) is 0 Å². The Balaban J connectivity index is 2.81. The zero-order valence-corrected chi connectivity index (χ0v) is 3.83. The Morgan fingerprint density at radius 2 is 2.57 bits per heavy atom. The molecule has 0 aromatic carbocycles. The lowest BCUT2D eigenvalue weighted by molar-refractivity contribution is -0.130. The van der Waals surface area contributed by atoms with Crippen LogP contribution in [0.3, 0.4) is 0 Å². The molecular formula is C4H7O3. The van der Waals surface area contributed by atoms with E-state index >= 15 is 0 Å². The maximum Gasteiger partial charge on any atom is 0.293 e. The second-order valence-corrected chi connectivity index (χ2v) is 1.08. The summed E-state index contributed by atoms with van der Waals surface area (Å²) in [5.41, 5.74) is 0. The summed E-state index contributed by atoms with van der Waals surface area (Å²) in [6.07, 6.45) is -0.801. The molecule has 0 fully saturated rings. The van der Waals surface area contributed by atoms with Crippen molar-refractivity contribution >= 4 is 6.47 Å². The van der Waals surface area contributed by atoms with Crippen LogP contribution in [0.1, 0.15) is 0 Å². The minimum absolute atomic E-state index is 0.0243. The molecule has 0 rings (SSSR count). The lowest BCUT2D eigenvalue weighted by Crippen LogP contribution is -2.09. The molecular weight excluding hydrogens is 96.0 g/mol. The fraction of sp³-hybridized carbons (Fsp3) is 0.500. The van der Waals surface area contributed by atoms with Gasteiger partial charge in [0.1, 0.15) is 6.61 Å². The van der Waals surface area contributed by atoms with Gasteiger partial charge in [-0.15, -0.1) is 0 Å². The normalized spacial score (nSPS) is 12.9. The van der Waals surface area contributed by atoms with Crippen LogP contribution in [0.5, 0.6) is 0 Å². The molecule has 0 aliphatic carbocycles. The SMILES string of the molecule is [CH2]C(O)COC=O. The van der Waals surface area contributed by atoms with Crippen molar-refractivity contribution in [2.24, 2.45) is 0 Å². The monoisotopic (exact) mass is 103 g/mol. The van der Waals surface area contributed by atoms with E-state index in [0.717, 1.165) is 0 Å². The van der Waals surface area contributed by atoms with Crippen molar-refractivity contribution < 1.29 is 14.6 Å². The molecule has 1 unspecified atom stereocenters. The zero-order chi connectivity index (χ0) is 5.70. The molecule has 7 heavy (non-hydrogen) atoms. The predicted octanol–water partition coefficient (Wildman–Crippen LogP) is -0.646. The van der Waals surface area contributed by atoms with Gasteiger partial charge in [-0.1, -0.05) is 0 Å². The van der Waals surface area contributed by atoms with Crippen molar-refractivity contribution in [1.29, 1.82) is 0 Å². The highest BCUT2D eigenvalue weighted by molar-refractivity contribution is 5.36. The highest BCUT2D eigenvalue weighted by Gasteiger charge is 1.90. The highest BCUT2D eigenvalue weighted by Crippen LogP contribution is 1.75. The van der Waals surface area contributed by atoms with E-state index in [1.807, 2.05) is 0 Å². The van der Waals surface area contributed by atoms with Gasteiger partial charge in [0.25, 0.3) is 6.47 Å². The molecule has 0 saturated heterocycles. The summed E-state index contributed by atoms with van der Waals surface area (Å²) in [5, 5.41) is 8.29. The minimum atomic E-state index is -0.801. The van der Waals surface area contributed by atoms with E-state index in [1.54, 1.807) is 0 Å². The Bertz CT molecular complexity index is 50.9. The van der Waals surface area contributed by atoms with Gasteiger partial charge >= 0.3 is 0 Å². The predicted molar refractivity (Wildman–Crippen MR) is 23.4 cm³/mol. The summed E-state index contributed by atoms with van der Waals surface area (Å²) in [4.78, 5) is 9.35. The van der Waals surface area contributed by atoms with Crippen LogP contribution >= 0.6 is 0 Å². The summed E-state index contributed by atoms with van der Waals surface area (Å²) in [6.45, 7) is 3.40. The van der Waals surface area contributed by atoms with E-state index in [2.05, 4.69) is 11.7 Å². The average Bonchev–Trinajstić information content (AvgIpc) is 1.61. The lowest BCUT2D eigenvalue weighted by atomic mass is 10.5. The first kappa shape index (κ1) is 6.43. The Kier molecular flexibility index (Phi) is 3.32. The summed E-state index contributed by atoms with van der Waals surface area (Å²) < 4.78 is 4.10. The van der Waals surface area contributed by atoms with Crippen LogP contribution in [0.4, 0.5) is 0 Å². The quantitative estimate of drug-likeness (QED) is 0.483. The topological polar surface area (TPSA) is 46.5 Å². The number of aliphatic hydroxyl groups is 1. The Morgan fingerprint density at radius 3 is 2.71 bits per heavy atom. The van der Waals surface area contributed by atoms with Gasteiger partial charge in [0.05, 0.1) is 6.10 Å². The van der Waals surface area contributed by atoms with Crippen LogP contribution in [-0.2, 0) is 9.53 Å². The highest BCUT2D eigenvalue weighted by atomic mass is 16.5. The van der Waals surface area contributed by atoms with Crippen molar-refractivity contribution in [3.63, 3.8) is 0 Å². The third-order valence-electron chi connectivity index (χ3n) is 0.357.